The predicted octanol–water partition coefficient (Wildman–Crippen LogP) is 10.2. The maximum atomic E-state index is 13.6. The fraction of sp³-hybridized carbons (Fsp3) is 0.341. The highest BCUT2D eigenvalue weighted by Crippen LogP contribution is 2.37. The van der Waals surface area contributed by atoms with Gasteiger partial charge >= 0.3 is 5.97 Å². The summed E-state index contributed by atoms with van der Waals surface area (Å²) in [6.45, 7) is 0.282. The van der Waals surface area contributed by atoms with Gasteiger partial charge in [0.15, 0.2) is 0 Å². The number of hydrogen-bond acceptors (Lipinski definition) is 4. The van der Waals surface area contributed by atoms with E-state index in [0.717, 1.165) is 59.3 Å². The predicted molar refractivity (Wildman–Crippen MR) is 194 cm³/mol. The summed E-state index contributed by atoms with van der Waals surface area (Å²) >= 11 is 6.20. The van der Waals surface area contributed by atoms with Crippen LogP contribution in [0.2, 0.25) is 5.02 Å². The van der Waals surface area contributed by atoms with Crippen molar-refractivity contribution in [3.05, 3.63) is 107 Å². The van der Waals surface area contributed by atoms with Crippen LogP contribution >= 0.6 is 11.6 Å². The molecule has 0 unspecified atom stereocenters. The minimum atomic E-state index is -0.956. The van der Waals surface area contributed by atoms with Crippen LogP contribution in [0.4, 0.5) is 0 Å². The zero-order valence-electron chi connectivity index (χ0n) is 27.9. The van der Waals surface area contributed by atoms with Crippen LogP contribution in [0.1, 0.15) is 96.5 Å². The van der Waals surface area contributed by atoms with Crippen LogP contribution in [0.15, 0.2) is 84.9 Å². The van der Waals surface area contributed by atoms with Gasteiger partial charge in [0, 0.05) is 35.3 Å². The quantitative estimate of drug-likeness (QED) is 0.168. The van der Waals surface area contributed by atoms with E-state index in [-0.39, 0.29) is 24.1 Å². The van der Waals surface area contributed by atoms with E-state index in [9.17, 15) is 14.7 Å². The monoisotopic (exact) mass is 675 g/mol. The fourth-order valence-electron chi connectivity index (χ4n) is 7.60. The Labute approximate surface area is 292 Å². The molecule has 1 aromatic heterocycles. The van der Waals surface area contributed by atoms with Crippen LogP contribution in [-0.2, 0) is 6.61 Å². The Bertz CT molecular complexity index is 1960. The molecule has 2 aliphatic rings. The topological polar surface area (TPSA) is 84.7 Å². The number of carbonyl (C=O) groups excluding carboxylic acids is 1. The Morgan fingerprint density at radius 3 is 2.16 bits per heavy atom. The van der Waals surface area contributed by atoms with Gasteiger partial charge in [-0.1, -0.05) is 68.3 Å². The van der Waals surface area contributed by atoms with Crippen molar-refractivity contribution < 1.29 is 19.4 Å². The lowest BCUT2D eigenvalue weighted by molar-refractivity contribution is 0.0687. The normalized spacial score (nSPS) is 15.7. The molecule has 252 valence electrons. The Balaban J connectivity index is 1.16. The molecule has 0 bridgehead atoms. The van der Waals surface area contributed by atoms with Gasteiger partial charge in [-0.2, -0.15) is 0 Å². The molecule has 0 spiro atoms. The Kier molecular flexibility index (Phi) is 9.72. The number of hydrogen-bond donors (Lipinski definition) is 1. The van der Waals surface area contributed by atoms with Gasteiger partial charge in [-0.05, 0) is 109 Å². The summed E-state index contributed by atoms with van der Waals surface area (Å²) in [6.07, 6.45) is 11.4. The number of carboxylic acid groups (broad SMARTS) is 1. The molecule has 0 atom stereocenters. The van der Waals surface area contributed by atoms with Crippen LogP contribution in [0.25, 0.3) is 33.5 Å². The van der Waals surface area contributed by atoms with E-state index in [0.29, 0.717) is 27.9 Å². The van der Waals surface area contributed by atoms with Gasteiger partial charge < -0.3 is 19.3 Å². The van der Waals surface area contributed by atoms with Crippen molar-refractivity contribution in [1.82, 2.24) is 14.5 Å². The summed E-state index contributed by atoms with van der Waals surface area (Å²) in [7, 11) is 1.93. The van der Waals surface area contributed by atoms with Gasteiger partial charge in [0.05, 0.1) is 16.6 Å². The fourth-order valence-corrected chi connectivity index (χ4v) is 7.73. The van der Waals surface area contributed by atoms with Crippen LogP contribution < -0.4 is 4.74 Å². The molecule has 5 aromatic rings. The van der Waals surface area contributed by atoms with Crippen LogP contribution in [-0.4, -0.2) is 44.5 Å². The molecule has 0 aliphatic heterocycles. The molecule has 1 N–H and O–H groups in total. The van der Waals surface area contributed by atoms with E-state index in [1.54, 1.807) is 12.1 Å². The molecule has 4 aromatic carbocycles. The first kappa shape index (κ1) is 32.9. The van der Waals surface area contributed by atoms with Crippen molar-refractivity contribution in [3.8, 4) is 28.3 Å². The maximum absolute atomic E-state index is 13.6. The minimum Gasteiger partial charge on any atom is -0.489 e. The third-order valence-electron chi connectivity index (χ3n) is 10.3. The highest BCUT2D eigenvalue weighted by Gasteiger charge is 2.25. The van der Waals surface area contributed by atoms with Crippen molar-refractivity contribution >= 4 is 34.5 Å². The number of imidazole rings is 1. The van der Waals surface area contributed by atoms with E-state index in [1.807, 2.05) is 84.7 Å². The number of aromatic carboxylic acids is 1. The number of rotatable bonds is 9. The van der Waals surface area contributed by atoms with Gasteiger partial charge in [0.25, 0.3) is 5.91 Å². The van der Waals surface area contributed by atoms with Gasteiger partial charge in [0.1, 0.15) is 18.2 Å². The molecule has 0 saturated heterocycles. The number of halogens is 1. The Morgan fingerprint density at radius 1 is 0.816 bits per heavy atom. The van der Waals surface area contributed by atoms with Crippen molar-refractivity contribution in [2.45, 2.75) is 82.9 Å². The molecular weight excluding hydrogens is 634 g/mol. The summed E-state index contributed by atoms with van der Waals surface area (Å²) in [5.41, 5.74) is 6.42. The molecule has 1 heterocycles. The number of carboxylic acids is 1. The number of aromatic nitrogens is 2. The second kappa shape index (κ2) is 14.5. The Hall–Kier alpha value is -4.62. The van der Waals surface area contributed by atoms with Crippen LogP contribution in [0.3, 0.4) is 0 Å². The van der Waals surface area contributed by atoms with E-state index in [1.165, 1.54) is 38.5 Å². The van der Waals surface area contributed by atoms with E-state index in [4.69, 9.17) is 21.3 Å². The van der Waals surface area contributed by atoms with E-state index >= 15 is 0 Å². The zero-order chi connectivity index (χ0) is 33.9. The molecule has 1 amide bonds. The molecule has 7 nitrogen and oxygen atoms in total. The first-order valence-corrected chi connectivity index (χ1v) is 17.9. The first-order chi connectivity index (χ1) is 23.9. The first-order valence-electron chi connectivity index (χ1n) is 17.5. The molecule has 2 aliphatic carbocycles. The summed E-state index contributed by atoms with van der Waals surface area (Å²) in [5, 5.41) is 10.3. The summed E-state index contributed by atoms with van der Waals surface area (Å²) in [6, 6.07) is 27.4. The van der Waals surface area contributed by atoms with E-state index in [2.05, 4.69) is 4.57 Å². The molecule has 2 fully saturated rings. The van der Waals surface area contributed by atoms with Crippen molar-refractivity contribution in [2.75, 3.05) is 7.05 Å². The number of fused-ring (bicyclic) bond motifs is 1. The molecule has 49 heavy (non-hydrogen) atoms. The largest absolute Gasteiger partial charge is 0.489 e. The number of ether oxygens (including phenoxy) is 1. The van der Waals surface area contributed by atoms with Crippen molar-refractivity contribution in [2.24, 2.45) is 0 Å². The van der Waals surface area contributed by atoms with E-state index < -0.39 is 5.97 Å². The molecular formula is C41H42ClN3O4. The lowest BCUT2D eigenvalue weighted by Crippen LogP contribution is -2.38. The van der Waals surface area contributed by atoms with Gasteiger partial charge in [-0.3, -0.25) is 4.79 Å². The standard InChI is InChI=1S/C41H42ClN3O4/c1-44(33-8-4-2-5-9-33)40(46)29-16-22-36(27-12-18-32(42)19-13-27)31(24-29)26-49-35-20-14-28(15-21-35)39-43-37-25-30(41(47)48)17-23-38(37)45(39)34-10-6-3-7-11-34/h12-25,33-34H,2-11,26H2,1H3,(H,47,48). The van der Waals surface area contributed by atoms with Crippen LogP contribution in [0.5, 0.6) is 5.75 Å². The molecule has 7 rings (SSSR count). The smallest absolute Gasteiger partial charge is 0.335 e. The third-order valence-corrected chi connectivity index (χ3v) is 10.6. The Morgan fingerprint density at radius 2 is 1.47 bits per heavy atom. The zero-order valence-corrected chi connectivity index (χ0v) is 28.7. The van der Waals surface area contributed by atoms with Crippen LogP contribution in [0, 0.1) is 0 Å². The number of nitrogens with zero attached hydrogens (tertiary/aromatic N) is 3. The van der Waals surface area contributed by atoms with Gasteiger partial charge in [-0.15, -0.1) is 0 Å². The number of carbonyl (C=O) groups is 2. The lowest BCUT2D eigenvalue weighted by Gasteiger charge is -2.31. The maximum Gasteiger partial charge on any atom is 0.335 e. The van der Waals surface area contributed by atoms with Gasteiger partial charge in [-0.25, -0.2) is 9.78 Å². The SMILES string of the molecule is CN(C(=O)c1ccc(-c2ccc(Cl)cc2)c(COc2ccc(-c3nc4cc(C(=O)O)ccc4n3C3CCCCC3)cc2)c1)C1CCCCC1. The highest BCUT2D eigenvalue weighted by molar-refractivity contribution is 6.30. The average Bonchev–Trinajstić information content (AvgIpc) is 3.53. The second-order valence-corrected chi connectivity index (χ2v) is 13.9. The molecule has 0 radical (unpaired) electrons. The number of amides is 1. The second-order valence-electron chi connectivity index (χ2n) is 13.5. The van der Waals surface area contributed by atoms with Crippen molar-refractivity contribution in [1.29, 1.82) is 0 Å². The summed E-state index contributed by atoms with van der Waals surface area (Å²) in [4.78, 5) is 32.2. The van der Waals surface area contributed by atoms with Gasteiger partial charge in [0.2, 0.25) is 0 Å². The lowest BCUT2D eigenvalue weighted by atomic mass is 9.93. The summed E-state index contributed by atoms with van der Waals surface area (Å²) in [5.74, 6) is 0.628. The third kappa shape index (κ3) is 7.09. The molecule has 8 heteroatoms. The average molecular weight is 676 g/mol. The number of benzene rings is 4. The van der Waals surface area contributed by atoms with Crippen molar-refractivity contribution in [3.63, 3.8) is 0 Å². The minimum absolute atomic E-state index is 0.0384. The highest BCUT2D eigenvalue weighted by atomic mass is 35.5. The summed E-state index contributed by atoms with van der Waals surface area (Å²) < 4.78 is 8.69. The molecule has 2 saturated carbocycles.